The maximum absolute atomic E-state index is 12.5. The van der Waals surface area contributed by atoms with Crippen LogP contribution in [0.4, 0.5) is 0 Å². The molecule has 2 amide bonds. The minimum absolute atomic E-state index is 0.100. The molecule has 1 aromatic heterocycles. The number of rotatable bonds is 17. The number of benzene rings is 1. The van der Waals surface area contributed by atoms with Crippen LogP contribution in [0.2, 0.25) is 0 Å². The predicted molar refractivity (Wildman–Crippen MR) is 131 cm³/mol. The van der Waals surface area contributed by atoms with E-state index in [2.05, 4.69) is 10.3 Å². The summed E-state index contributed by atoms with van der Waals surface area (Å²) in [7, 11) is 0. The van der Waals surface area contributed by atoms with Crippen LogP contribution >= 0.6 is 11.8 Å². The molecule has 2 aromatic rings. The maximum atomic E-state index is 12.5. The molecule has 2 unspecified atom stereocenters. The van der Waals surface area contributed by atoms with Crippen molar-refractivity contribution >= 4 is 23.6 Å². The van der Waals surface area contributed by atoms with Crippen molar-refractivity contribution in [2.75, 3.05) is 5.75 Å². The van der Waals surface area contributed by atoms with Crippen LogP contribution in [0, 0.1) is 0 Å². The molecule has 2 atom stereocenters. The van der Waals surface area contributed by atoms with E-state index < -0.39 is 6.41 Å². The van der Waals surface area contributed by atoms with E-state index in [1.807, 2.05) is 49.4 Å². The summed E-state index contributed by atoms with van der Waals surface area (Å²) in [5.41, 5.74) is 2.62. The molecular weight excluding hydrogens is 454 g/mol. The fraction of sp³-hybridized carbons (Fsp3) is 0.480. The van der Waals surface area contributed by atoms with Crippen molar-refractivity contribution in [2.24, 2.45) is 0 Å². The highest BCUT2D eigenvalue weighted by atomic mass is 32.2. The average molecular weight is 490 g/mol. The topological polar surface area (TPSA) is 110 Å². The van der Waals surface area contributed by atoms with E-state index >= 15 is 0 Å². The number of nitrogens with one attached hydrogen (secondary N) is 2. The van der Waals surface area contributed by atoms with Gasteiger partial charge in [0.25, 0.3) is 0 Å². The molecule has 1 heterocycles. The van der Waals surface area contributed by atoms with Crippen molar-refractivity contribution in [2.45, 2.75) is 75.9 Å². The molecule has 9 heteroatoms. The van der Waals surface area contributed by atoms with Crippen molar-refractivity contribution in [3.05, 3.63) is 60.4 Å². The fourth-order valence-corrected chi connectivity index (χ4v) is 4.10. The van der Waals surface area contributed by atoms with E-state index in [0.29, 0.717) is 25.9 Å². The second-order valence-corrected chi connectivity index (χ2v) is 8.90. The van der Waals surface area contributed by atoms with Gasteiger partial charge in [0.15, 0.2) is 0 Å². The number of pyridine rings is 1. The molecule has 0 saturated carbocycles. The van der Waals surface area contributed by atoms with E-state index in [9.17, 15) is 9.59 Å². The number of hydroxylamine groups is 1. The van der Waals surface area contributed by atoms with Crippen molar-refractivity contribution in [1.82, 2.24) is 15.8 Å². The van der Waals surface area contributed by atoms with Crippen LogP contribution in [0.15, 0.2) is 59.8 Å². The minimum Gasteiger partial charge on any atom is -0.331 e. The SMILES string of the molecule is CCC(CSc1ccncc1)OC(NC(=O)CCCCCCC(=O)NO)OCc1ccccc1. The first-order valence-corrected chi connectivity index (χ1v) is 12.7. The van der Waals surface area contributed by atoms with Crippen molar-refractivity contribution < 1.29 is 24.3 Å². The fourth-order valence-electron chi connectivity index (χ4n) is 3.10. The Kier molecular flexibility index (Phi) is 13.9. The second kappa shape index (κ2) is 17.0. The largest absolute Gasteiger partial charge is 0.331 e. The predicted octanol–water partition coefficient (Wildman–Crippen LogP) is 4.43. The molecule has 0 aliphatic carbocycles. The summed E-state index contributed by atoms with van der Waals surface area (Å²) in [4.78, 5) is 28.7. The smallest absolute Gasteiger partial charge is 0.243 e. The number of unbranched alkanes of at least 4 members (excludes halogenated alkanes) is 3. The Labute approximate surface area is 205 Å². The van der Waals surface area contributed by atoms with Gasteiger partial charge in [0.05, 0.1) is 12.7 Å². The van der Waals surface area contributed by atoms with Gasteiger partial charge in [-0.05, 0) is 37.0 Å². The summed E-state index contributed by atoms with van der Waals surface area (Å²) >= 11 is 1.68. The standard InChI is InChI=1S/C25H35N3O5S/c1-2-21(19-34-22-14-16-26-17-15-22)33-25(32-18-20-10-6-5-7-11-20)27-23(29)12-8-3-4-9-13-24(30)28-31/h5-7,10-11,14-17,21,25,31H,2-4,8-9,12-13,18-19H2,1H3,(H,27,29)(H,28,30). The Morgan fingerprint density at radius 2 is 1.68 bits per heavy atom. The van der Waals surface area contributed by atoms with Gasteiger partial charge in [0, 0.05) is 35.9 Å². The van der Waals surface area contributed by atoms with E-state index in [0.717, 1.165) is 35.5 Å². The van der Waals surface area contributed by atoms with Gasteiger partial charge in [-0.25, -0.2) is 5.48 Å². The van der Waals surface area contributed by atoms with E-state index in [1.165, 1.54) is 0 Å². The first kappa shape index (κ1) is 27.8. The summed E-state index contributed by atoms with van der Waals surface area (Å²) in [6, 6.07) is 13.7. The third-order valence-corrected chi connectivity index (χ3v) is 6.21. The van der Waals surface area contributed by atoms with E-state index in [-0.39, 0.29) is 24.3 Å². The molecule has 0 aliphatic rings. The van der Waals surface area contributed by atoms with Gasteiger partial charge in [-0.1, -0.05) is 50.1 Å². The number of hydrogen-bond acceptors (Lipinski definition) is 7. The van der Waals surface area contributed by atoms with Crippen molar-refractivity contribution in [3.8, 4) is 0 Å². The quantitative estimate of drug-likeness (QED) is 0.0991. The van der Waals surface area contributed by atoms with Crippen molar-refractivity contribution in [3.63, 3.8) is 0 Å². The van der Waals surface area contributed by atoms with Crippen LogP contribution in [0.5, 0.6) is 0 Å². The molecule has 186 valence electrons. The summed E-state index contributed by atoms with van der Waals surface area (Å²) in [5.74, 6) is 0.201. The van der Waals surface area contributed by atoms with Crippen molar-refractivity contribution in [1.29, 1.82) is 0 Å². The normalized spacial score (nSPS) is 12.6. The van der Waals surface area contributed by atoms with Gasteiger partial charge in [0.2, 0.25) is 18.2 Å². The lowest BCUT2D eigenvalue weighted by Crippen LogP contribution is -2.41. The Balaban J connectivity index is 1.82. The number of hydrogen-bond donors (Lipinski definition) is 3. The molecule has 34 heavy (non-hydrogen) atoms. The van der Waals surface area contributed by atoms with Gasteiger partial charge < -0.3 is 14.8 Å². The van der Waals surface area contributed by atoms with Gasteiger partial charge in [-0.15, -0.1) is 11.8 Å². The molecule has 3 N–H and O–H groups in total. The van der Waals surface area contributed by atoms with Crippen LogP contribution in [0.25, 0.3) is 0 Å². The Morgan fingerprint density at radius 1 is 1.00 bits per heavy atom. The third kappa shape index (κ3) is 12.1. The lowest BCUT2D eigenvalue weighted by atomic mass is 10.1. The number of amides is 2. The highest BCUT2D eigenvalue weighted by Crippen LogP contribution is 2.20. The summed E-state index contributed by atoms with van der Waals surface area (Å²) < 4.78 is 12.1. The molecule has 2 rings (SSSR count). The number of carbonyl (C=O) groups is 2. The van der Waals surface area contributed by atoms with Gasteiger partial charge >= 0.3 is 0 Å². The van der Waals surface area contributed by atoms with Gasteiger partial charge in [0.1, 0.15) is 0 Å². The summed E-state index contributed by atoms with van der Waals surface area (Å²) in [6.07, 6.45) is 7.00. The number of carbonyl (C=O) groups excluding carboxylic acids is 2. The zero-order valence-electron chi connectivity index (χ0n) is 19.7. The zero-order valence-corrected chi connectivity index (χ0v) is 20.5. The van der Waals surface area contributed by atoms with Gasteiger partial charge in [-0.3, -0.25) is 19.8 Å². The highest BCUT2D eigenvalue weighted by molar-refractivity contribution is 7.99. The zero-order chi connectivity index (χ0) is 24.4. The Morgan fingerprint density at radius 3 is 2.32 bits per heavy atom. The molecule has 0 aliphatic heterocycles. The molecule has 0 radical (unpaired) electrons. The number of ether oxygens (including phenoxy) is 2. The number of aromatic nitrogens is 1. The van der Waals surface area contributed by atoms with Crippen LogP contribution in [0.1, 0.15) is 57.4 Å². The second-order valence-electron chi connectivity index (χ2n) is 7.81. The molecular formula is C25H35N3O5S. The number of thioether (sulfide) groups is 1. The van der Waals surface area contributed by atoms with Crippen LogP contribution in [0.3, 0.4) is 0 Å². The number of nitrogens with zero attached hydrogens (tertiary/aromatic N) is 1. The summed E-state index contributed by atoms with van der Waals surface area (Å²) in [6.45, 7) is 2.37. The van der Waals surface area contributed by atoms with Crippen LogP contribution < -0.4 is 10.8 Å². The lowest BCUT2D eigenvalue weighted by molar-refractivity contribution is -0.192. The van der Waals surface area contributed by atoms with Gasteiger partial charge in [-0.2, -0.15) is 0 Å². The molecule has 8 nitrogen and oxygen atoms in total. The molecule has 1 aromatic carbocycles. The average Bonchev–Trinajstić information content (AvgIpc) is 2.87. The third-order valence-electron chi connectivity index (χ3n) is 5.06. The van der Waals surface area contributed by atoms with Crippen LogP contribution in [-0.4, -0.2) is 40.3 Å². The molecule has 0 fully saturated rings. The van der Waals surface area contributed by atoms with Crippen LogP contribution in [-0.2, 0) is 25.7 Å². The Bertz CT molecular complexity index is 826. The lowest BCUT2D eigenvalue weighted by Gasteiger charge is -2.25. The first-order chi connectivity index (χ1) is 16.6. The Hall–Kier alpha value is -2.46. The molecule has 0 saturated heterocycles. The summed E-state index contributed by atoms with van der Waals surface area (Å²) in [5, 5.41) is 11.4. The minimum atomic E-state index is -0.844. The first-order valence-electron chi connectivity index (χ1n) is 11.7. The monoisotopic (exact) mass is 489 g/mol. The molecule has 0 bridgehead atoms. The molecule has 0 spiro atoms. The van der Waals surface area contributed by atoms with E-state index in [4.69, 9.17) is 14.7 Å². The van der Waals surface area contributed by atoms with E-state index in [1.54, 1.807) is 29.6 Å². The maximum Gasteiger partial charge on any atom is 0.243 e. The highest BCUT2D eigenvalue weighted by Gasteiger charge is 2.19.